The molecule has 0 radical (unpaired) electrons. The second kappa shape index (κ2) is 8.54. The lowest BCUT2D eigenvalue weighted by Gasteiger charge is -2.27. The van der Waals surface area contributed by atoms with Gasteiger partial charge in [-0.2, -0.15) is 0 Å². The Morgan fingerprint density at radius 3 is 2.17 bits per heavy atom. The van der Waals surface area contributed by atoms with E-state index in [1.165, 1.54) is 14.0 Å². The third-order valence-corrected chi connectivity index (χ3v) is 3.39. The second-order valence-electron chi connectivity index (χ2n) is 4.34. The Balaban J connectivity index is 2.71. The number of alkyl halides is 3. The number of benzene rings is 1. The summed E-state index contributed by atoms with van der Waals surface area (Å²) in [6.07, 6.45) is -1.01. The third-order valence-electron chi connectivity index (χ3n) is 2.51. The summed E-state index contributed by atoms with van der Waals surface area (Å²) >= 11 is 22.4. The van der Waals surface area contributed by atoms with E-state index in [0.29, 0.717) is 11.3 Å². The molecule has 0 saturated heterocycles. The molecule has 0 bridgehead atoms. The zero-order chi connectivity index (χ0) is 17.6. The number of hydrogen-bond donors (Lipinski definition) is 3. The van der Waals surface area contributed by atoms with Gasteiger partial charge in [0.05, 0.1) is 12.7 Å². The van der Waals surface area contributed by atoms with E-state index in [4.69, 9.17) is 47.0 Å². The van der Waals surface area contributed by atoms with E-state index in [1.807, 2.05) is 0 Å². The van der Waals surface area contributed by atoms with E-state index in [1.54, 1.807) is 24.3 Å². The molecule has 0 fully saturated rings. The van der Waals surface area contributed by atoms with Gasteiger partial charge in [0.2, 0.25) is 9.70 Å². The maximum absolute atomic E-state index is 11.3. The molecule has 1 unspecified atom stereocenters. The Labute approximate surface area is 153 Å². The summed E-state index contributed by atoms with van der Waals surface area (Å²) < 4.78 is 2.80. The van der Waals surface area contributed by atoms with Gasteiger partial charge in [0.1, 0.15) is 6.17 Å². The van der Waals surface area contributed by atoms with Crippen LogP contribution in [0.1, 0.15) is 17.3 Å². The summed E-state index contributed by atoms with van der Waals surface area (Å²) in [6, 6.07) is 6.39. The van der Waals surface area contributed by atoms with E-state index in [2.05, 4.69) is 20.7 Å². The number of anilines is 1. The molecule has 1 aromatic rings. The first-order chi connectivity index (χ1) is 10.6. The largest absolute Gasteiger partial charge is 0.465 e. The van der Waals surface area contributed by atoms with Crippen molar-refractivity contribution in [3.63, 3.8) is 0 Å². The number of esters is 1. The van der Waals surface area contributed by atoms with Crippen LogP contribution in [-0.4, -0.2) is 34.1 Å². The summed E-state index contributed by atoms with van der Waals surface area (Å²) in [4.78, 5) is 22.5. The fraction of sp³-hybridized carbons (Fsp3) is 0.308. The van der Waals surface area contributed by atoms with Crippen molar-refractivity contribution in [2.24, 2.45) is 0 Å². The van der Waals surface area contributed by atoms with Crippen LogP contribution in [0.25, 0.3) is 0 Å². The quantitative estimate of drug-likeness (QED) is 0.313. The summed E-state index contributed by atoms with van der Waals surface area (Å²) in [7, 11) is 1.30. The minimum atomic E-state index is -1.80. The molecule has 0 spiro atoms. The first kappa shape index (κ1) is 19.8. The van der Waals surface area contributed by atoms with Crippen molar-refractivity contribution in [2.45, 2.75) is 16.9 Å². The van der Waals surface area contributed by atoms with Gasteiger partial charge in [0.15, 0.2) is 5.11 Å². The van der Waals surface area contributed by atoms with Gasteiger partial charge in [-0.25, -0.2) is 4.79 Å². The molecule has 0 aromatic heterocycles. The number of ether oxygens (including phenoxy) is 1. The van der Waals surface area contributed by atoms with Crippen LogP contribution in [0.5, 0.6) is 0 Å². The summed E-state index contributed by atoms with van der Waals surface area (Å²) in [5.41, 5.74) is 0.996. The van der Waals surface area contributed by atoms with E-state index >= 15 is 0 Å². The Bertz CT molecular complexity index is 590. The van der Waals surface area contributed by atoms with Crippen molar-refractivity contribution in [1.82, 2.24) is 10.6 Å². The number of methoxy groups -OCH3 is 1. The van der Waals surface area contributed by atoms with Crippen LogP contribution in [0.15, 0.2) is 24.3 Å². The Morgan fingerprint density at radius 1 is 1.17 bits per heavy atom. The molecule has 1 rings (SSSR count). The normalized spacial score (nSPS) is 12.0. The summed E-state index contributed by atoms with van der Waals surface area (Å²) in [5, 5.41) is 8.09. The van der Waals surface area contributed by atoms with Crippen LogP contribution in [-0.2, 0) is 9.53 Å². The van der Waals surface area contributed by atoms with Crippen LogP contribution in [0, 0.1) is 0 Å². The molecule has 0 heterocycles. The second-order valence-corrected chi connectivity index (χ2v) is 7.12. The van der Waals surface area contributed by atoms with Crippen molar-refractivity contribution in [1.29, 1.82) is 0 Å². The van der Waals surface area contributed by atoms with Crippen molar-refractivity contribution in [3.8, 4) is 0 Å². The number of hydrogen-bond acceptors (Lipinski definition) is 4. The van der Waals surface area contributed by atoms with E-state index in [9.17, 15) is 9.59 Å². The lowest BCUT2D eigenvalue weighted by Crippen LogP contribution is -2.55. The predicted molar refractivity (Wildman–Crippen MR) is 95.0 cm³/mol. The van der Waals surface area contributed by atoms with Gasteiger partial charge < -0.3 is 20.7 Å². The molecule has 0 aliphatic rings. The Kier molecular flexibility index (Phi) is 7.34. The van der Waals surface area contributed by atoms with Crippen molar-refractivity contribution in [2.75, 3.05) is 12.4 Å². The average Bonchev–Trinajstić information content (AvgIpc) is 2.45. The molecule has 1 atom stereocenters. The highest BCUT2D eigenvalue weighted by molar-refractivity contribution is 7.80. The minimum absolute atomic E-state index is 0.126. The fourth-order valence-corrected chi connectivity index (χ4v) is 2.07. The molecular weight excluding hydrogens is 385 g/mol. The standard InChI is InChI=1S/C13H14Cl3N3O3S/c1-7(20)17-11(13(14,15)16)19-12(23)18-9-5-3-8(4-6-9)10(21)22-2/h3-6,11H,1-2H3,(H,17,20)(H2,18,19,23). The van der Waals surface area contributed by atoms with E-state index in [-0.39, 0.29) is 11.0 Å². The van der Waals surface area contributed by atoms with Crippen molar-refractivity contribution >= 4 is 69.7 Å². The van der Waals surface area contributed by atoms with Crippen LogP contribution in [0.4, 0.5) is 5.69 Å². The smallest absolute Gasteiger partial charge is 0.337 e. The minimum Gasteiger partial charge on any atom is -0.465 e. The van der Waals surface area contributed by atoms with Gasteiger partial charge >= 0.3 is 5.97 Å². The molecule has 3 N–H and O–H groups in total. The van der Waals surface area contributed by atoms with E-state index in [0.717, 1.165) is 0 Å². The first-order valence-corrected chi connectivity index (χ1v) is 7.77. The van der Waals surface area contributed by atoms with Gasteiger partial charge in [-0.1, -0.05) is 34.8 Å². The number of thiocarbonyl (C=S) groups is 1. The SMILES string of the molecule is COC(=O)c1ccc(NC(=S)NC(NC(C)=O)C(Cl)(Cl)Cl)cc1. The summed E-state index contributed by atoms with van der Waals surface area (Å²) in [5.74, 6) is -0.835. The molecule has 23 heavy (non-hydrogen) atoms. The third kappa shape index (κ3) is 6.78. The monoisotopic (exact) mass is 397 g/mol. The van der Waals surface area contributed by atoms with Gasteiger partial charge in [-0.05, 0) is 36.5 Å². The first-order valence-electron chi connectivity index (χ1n) is 6.23. The number of amides is 1. The zero-order valence-electron chi connectivity index (χ0n) is 12.2. The lowest BCUT2D eigenvalue weighted by atomic mass is 10.2. The Hall–Kier alpha value is -1.28. The Morgan fingerprint density at radius 2 is 1.74 bits per heavy atom. The highest BCUT2D eigenvalue weighted by Crippen LogP contribution is 2.29. The highest BCUT2D eigenvalue weighted by atomic mass is 35.6. The molecule has 1 amide bonds. The number of halogens is 3. The van der Waals surface area contributed by atoms with Crippen molar-refractivity contribution < 1.29 is 14.3 Å². The number of carbonyl (C=O) groups is 2. The van der Waals surface area contributed by atoms with Crippen LogP contribution in [0.3, 0.4) is 0 Å². The zero-order valence-corrected chi connectivity index (χ0v) is 15.2. The highest BCUT2D eigenvalue weighted by Gasteiger charge is 2.33. The van der Waals surface area contributed by atoms with Gasteiger partial charge in [-0.3, -0.25) is 4.79 Å². The van der Waals surface area contributed by atoms with Gasteiger partial charge in [0.25, 0.3) is 0 Å². The molecule has 126 valence electrons. The van der Waals surface area contributed by atoms with Crippen LogP contribution < -0.4 is 16.0 Å². The molecular formula is C13H14Cl3N3O3S. The van der Waals surface area contributed by atoms with Crippen molar-refractivity contribution in [3.05, 3.63) is 29.8 Å². The topological polar surface area (TPSA) is 79.5 Å². The average molecular weight is 399 g/mol. The molecule has 1 aromatic carbocycles. The molecule has 0 aliphatic carbocycles. The summed E-state index contributed by atoms with van der Waals surface area (Å²) in [6.45, 7) is 1.28. The molecule has 10 heteroatoms. The maximum atomic E-state index is 11.3. The predicted octanol–water partition coefficient (Wildman–Crippen LogP) is 2.59. The fourth-order valence-electron chi connectivity index (χ4n) is 1.51. The number of nitrogens with one attached hydrogen (secondary N) is 3. The van der Waals surface area contributed by atoms with Crippen LogP contribution in [0.2, 0.25) is 0 Å². The van der Waals surface area contributed by atoms with Crippen LogP contribution >= 0.6 is 47.0 Å². The molecule has 0 aliphatic heterocycles. The number of carbonyl (C=O) groups excluding carboxylic acids is 2. The molecule has 0 saturated carbocycles. The van der Waals surface area contributed by atoms with Gasteiger partial charge in [-0.15, -0.1) is 0 Å². The number of rotatable bonds is 4. The van der Waals surface area contributed by atoms with Gasteiger partial charge in [0, 0.05) is 12.6 Å². The van der Waals surface area contributed by atoms with E-state index < -0.39 is 15.9 Å². The maximum Gasteiger partial charge on any atom is 0.337 e. The lowest BCUT2D eigenvalue weighted by molar-refractivity contribution is -0.119. The molecule has 6 nitrogen and oxygen atoms in total.